The third-order valence-electron chi connectivity index (χ3n) is 2.62. The fourth-order valence-corrected chi connectivity index (χ4v) is 1.77. The van der Waals surface area contributed by atoms with E-state index in [0.717, 1.165) is 11.1 Å². The number of urea groups is 1. The molecule has 90 valence electrons. The molecule has 1 saturated heterocycles. The van der Waals surface area contributed by atoms with Gasteiger partial charge in [0.05, 0.1) is 19.3 Å². The highest BCUT2D eigenvalue weighted by Gasteiger charge is 2.39. The zero-order chi connectivity index (χ0) is 11.7. The number of amides is 2. The Morgan fingerprint density at radius 1 is 1.69 bits per heavy atom. The zero-order valence-electron chi connectivity index (χ0n) is 8.47. The lowest BCUT2D eigenvalue weighted by Gasteiger charge is -2.28. The molecule has 16 heavy (non-hydrogen) atoms. The second-order valence-corrected chi connectivity index (χ2v) is 3.76. The van der Waals surface area contributed by atoms with Crippen LogP contribution in [0.2, 0.25) is 0 Å². The number of nitrogens with one attached hydrogen (secondary N) is 1. The summed E-state index contributed by atoms with van der Waals surface area (Å²) < 4.78 is 18.2. The normalized spacial score (nSPS) is 34.9. The van der Waals surface area contributed by atoms with E-state index in [0.29, 0.717) is 0 Å². The van der Waals surface area contributed by atoms with Gasteiger partial charge < -0.3 is 20.3 Å². The summed E-state index contributed by atoms with van der Waals surface area (Å²) in [5, 5.41) is 20.7. The maximum Gasteiger partial charge on any atom is 0.323 e. The van der Waals surface area contributed by atoms with Gasteiger partial charge in [0, 0.05) is 12.6 Å². The van der Waals surface area contributed by atoms with Crippen LogP contribution >= 0.6 is 0 Å². The monoisotopic (exact) mass is 232 g/mol. The van der Waals surface area contributed by atoms with Crippen LogP contribution in [-0.2, 0) is 4.74 Å². The van der Waals surface area contributed by atoms with E-state index in [9.17, 15) is 14.3 Å². The maximum absolute atomic E-state index is 13.0. The topological polar surface area (TPSA) is 82.0 Å². The number of carbonyl (C=O) groups excluding carboxylic acids is 1. The predicted octanol–water partition coefficient (Wildman–Crippen LogP) is -0.709. The van der Waals surface area contributed by atoms with Crippen LogP contribution in [0.15, 0.2) is 12.0 Å². The third kappa shape index (κ3) is 2.01. The second-order valence-electron chi connectivity index (χ2n) is 3.76. The molecule has 2 heterocycles. The van der Waals surface area contributed by atoms with Gasteiger partial charge in [0.15, 0.2) is 0 Å². The van der Waals surface area contributed by atoms with Gasteiger partial charge in [-0.2, -0.15) is 0 Å². The summed E-state index contributed by atoms with van der Waals surface area (Å²) in [5.74, 6) is -0.481. The summed E-state index contributed by atoms with van der Waals surface area (Å²) in [4.78, 5) is 12.5. The first kappa shape index (κ1) is 11.3. The highest BCUT2D eigenvalue weighted by atomic mass is 19.1. The molecule has 0 aromatic carbocycles. The molecule has 6 nitrogen and oxygen atoms in total. The Labute approximate surface area is 91.3 Å². The second kappa shape index (κ2) is 4.36. The van der Waals surface area contributed by atoms with Crippen molar-refractivity contribution in [3.8, 4) is 0 Å². The first-order chi connectivity index (χ1) is 7.61. The van der Waals surface area contributed by atoms with Crippen LogP contribution in [0.25, 0.3) is 0 Å². The predicted molar refractivity (Wildman–Crippen MR) is 50.8 cm³/mol. The first-order valence-electron chi connectivity index (χ1n) is 4.98. The molecule has 0 aliphatic carbocycles. The molecule has 0 saturated carbocycles. The molecule has 0 bridgehead atoms. The van der Waals surface area contributed by atoms with Gasteiger partial charge in [-0.3, -0.25) is 4.90 Å². The third-order valence-corrected chi connectivity index (χ3v) is 2.62. The molecular formula is C9H13FN2O4. The molecule has 1 fully saturated rings. The number of carbonyl (C=O) groups is 1. The van der Waals surface area contributed by atoms with E-state index in [4.69, 9.17) is 9.84 Å². The Balaban J connectivity index is 2.08. The highest BCUT2D eigenvalue weighted by Crippen LogP contribution is 2.25. The Morgan fingerprint density at radius 3 is 3.06 bits per heavy atom. The van der Waals surface area contributed by atoms with Crippen LogP contribution in [0.3, 0.4) is 0 Å². The summed E-state index contributed by atoms with van der Waals surface area (Å²) in [6.07, 6.45) is -1.10. The van der Waals surface area contributed by atoms with Gasteiger partial charge in [-0.05, 0) is 0 Å². The number of halogens is 1. The smallest absolute Gasteiger partial charge is 0.323 e. The van der Waals surface area contributed by atoms with Crippen LogP contribution in [0, 0.1) is 0 Å². The Kier molecular flexibility index (Phi) is 3.08. The highest BCUT2D eigenvalue weighted by molar-refractivity contribution is 5.77. The van der Waals surface area contributed by atoms with E-state index < -0.39 is 30.3 Å². The van der Waals surface area contributed by atoms with Crippen LogP contribution in [-0.4, -0.2) is 52.7 Å². The Hall–Kier alpha value is -1.18. The van der Waals surface area contributed by atoms with Crippen molar-refractivity contribution >= 4 is 6.03 Å². The molecule has 3 N–H and O–H groups in total. The van der Waals surface area contributed by atoms with Crippen LogP contribution in [0.4, 0.5) is 9.18 Å². The van der Waals surface area contributed by atoms with Gasteiger partial charge >= 0.3 is 6.03 Å². The first-order valence-corrected chi connectivity index (χ1v) is 4.98. The maximum atomic E-state index is 13.0. The number of nitrogens with zero attached hydrogens (tertiary/aromatic N) is 1. The molecule has 0 aromatic rings. The minimum atomic E-state index is -0.846. The van der Waals surface area contributed by atoms with E-state index in [1.807, 2.05) is 0 Å². The van der Waals surface area contributed by atoms with Gasteiger partial charge in [0.2, 0.25) is 0 Å². The van der Waals surface area contributed by atoms with Crippen molar-refractivity contribution in [1.29, 1.82) is 0 Å². The minimum Gasteiger partial charge on any atom is -0.394 e. The van der Waals surface area contributed by atoms with Crippen molar-refractivity contribution in [2.75, 3.05) is 13.2 Å². The van der Waals surface area contributed by atoms with E-state index in [-0.39, 0.29) is 19.6 Å². The van der Waals surface area contributed by atoms with Crippen molar-refractivity contribution in [2.24, 2.45) is 0 Å². The summed E-state index contributed by atoms with van der Waals surface area (Å²) in [5.41, 5.74) is 0. The number of rotatable bonds is 2. The van der Waals surface area contributed by atoms with Gasteiger partial charge in [-0.25, -0.2) is 9.18 Å². The Morgan fingerprint density at radius 2 is 2.44 bits per heavy atom. The average Bonchev–Trinajstić information content (AvgIpc) is 2.63. The van der Waals surface area contributed by atoms with Crippen molar-refractivity contribution in [3.05, 3.63) is 12.0 Å². The molecule has 0 unspecified atom stereocenters. The van der Waals surface area contributed by atoms with Crippen LogP contribution in [0.5, 0.6) is 0 Å². The largest absolute Gasteiger partial charge is 0.394 e. The molecule has 2 aliphatic heterocycles. The molecular weight excluding hydrogens is 219 g/mol. The summed E-state index contributed by atoms with van der Waals surface area (Å²) >= 11 is 0. The van der Waals surface area contributed by atoms with Crippen molar-refractivity contribution in [1.82, 2.24) is 10.2 Å². The average molecular weight is 232 g/mol. The molecule has 7 heteroatoms. The number of aliphatic hydroxyl groups is 2. The Bertz CT molecular complexity index is 323. The van der Waals surface area contributed by atoms with Crippen LogP contribution in [0.1, 0.15) is 6.42 Å². The van der Waals surface area contributed by atoms with Crippen LogP contribution < -0.4 is 5.32 Å². The fourth-order valence-electron chi connectivity index (χ4n) is 1.77. The SMILES string of the molecule is O=C1NCC(F)=CN1[C@H]1C[C@@H](O)[C@@H](CO)O1. The van der Waals surface area contributed by atoms with Gasteiger partial charge in [-0.1, -0.05) is 0 Å². The molecule has 0 aromatic heterocycles. The summed E-state index contributed by atoms with van der Waals surface area (Å²) in [6.45, 7) is -0.465. The molecule has 2 rings (SSSR count). The van der Waals surface area contributed by atoms with Crippen molar-refractivity contribution < 1.29 is 24.1 Å². The number of ether oxygens (including phenoxy) is 1. The van der Waals surface area contributed by atoms with E-state index in [1.54, 1.807) is 0 Å². The number of hydrogen-bond acceptors (Lipinski definition) is 4. The van der Waals surface area contributed by atoms with Gasteiger partial charge in [-0.15, -0.1) is 0 Å². The molecule has 2 amide bonds. The number of aliphatic hydroxyl groups excluding tert-OH is 2. The fraction of sp³-hybridized carbons (Fsp3) is 0.667. The lowest BCUT2D eigenvalue weighted by molar-refractivity contribution is -0.0544. The lowest BCUT2D eigenvalue weighted by atomic mass is 10.2. The van der Waals surface area contributed by atoms with E-state index in [2.05, 4.69) is 5.32 Å². The van der Waals surface area contributed by atoms with E-state index >= 15 is 0 Å². The molecule has 0 spiro atoms. The van der Waals surface area contributed by atoms with E-state index in [1.165, 1.54) is 0 Å². The van der Waals surface area contributed by atoms with Crippen molar-refractivity contribution in [2.45, 2.75) is 24.9 Å². The molecule has 3 atom stereocenters. The zero-order valence-corrected chi connectivity index (χ0v) is 8.47. The summed E-state index contributed by atoms with van der Waals surface area (Å²) in [7, 11) is 0. The van der Waals surface area contributed by atoms with Gasteiger partial charge in [0.25, 0.3) is 0 Å². The molecule has 0 radical (unpaired) electrons. The van der Waals surface area contributed by atoms with Gasteiger partial charge in [0.1, 0.15) is 18.2 Å². The minimum absolute atomic E-state index is 0.131. The number of hydrogen-bond donors (Lipinski definition) is 3. The summed E-state index contributed by atoms with van der Waals surface area (Å²) in [6, 6.07) is -0.475. The quantitative estimate of drug-likeness (QED) is 0.587. The lowest BCUT2D eigenvalue weighted by Crippen LogP contribution is -2.46. The standard InChI is InChI=1S/C9H13FN2O4/c10-5-2-11-9(15)12(3-5)8-1-6(14)7(4-13)16-8/h3,6-8,13-14H,1-2,4H2,(H,11,15)/t6-,7-,8-/m1/s1. The van der Waals surface area contributed by atoms with Crippen molar-refractivity contribution in [3.63, 3.8) is 0 Å². The molecule has 2 aliphatic rings.